The zero-order valence-electron chi connectivity index (χ0n) is 16.1. The normalized spacial score (nSPS) is 12.1. The maximum atomic E-state index is 12.9. The van der Waals surface area contributed by atoms with Crippen LogP contribution >= 0.6 is 15.9 Å². The molecule has 168 valence electrons. The van der Waals surface area contributed by atoms with Crippen LogP contribution in [0.2, 0.25) is 0 Å². The molecule has 31 heavy (non-hydrogen) atoms. The summed E-state index contributed by atoms with van der Waals surface area (Å²) in [5.41, 5.74) is 1.17. The third-order valence-electron chi connectivity index (χ3n) is 3.82. The molecule has 2 N–H and O–H groups in total. The highest BCUT2D eigenvalue weighted by atomic mass is 79.9. The van der Waals surface area contributed by atoms with Gasteiger partial charge in [-0.2, -0.15) is 18.3 Å². The average Bonchev–Trinajstić information content (AvgIpc) is 2.67. The number of alkyl halides is 3. The number of amides is 1. The second kappa shape index (κ2) is 9.56. The first-order chi connectivity index (χ1) is 14.3. The molecule has 0 atom stereocenters. The van der Waals surface area contributed by atoms with Crippen molar-refractivity contribution in [1.29, 1.82) is 0 Å². The summed E-state index contributed by atoms with van der Waals surface area (Å²) in [4.78, 5) is 12.2. The van der Waals surface area contributed by atoms with E-state index in [-0.39, 0.29) is 17.2 Å². The standard InChI is InChI=1S/C18H17BrF3N3O5S/c1-30-15-7-11(6-14(19)17(15)27)9-23-24-16(26)10-25(31(2,28)29)13-5-3-4-12(8-13)18(20,21)22/h3-9,27H,10H2,1-2H3,(H,24,26)/b23-9-. The quantitative estimate of drug-likeness (QED) is 0.428. The molecule has 13 heteroatoms. The van der Waals surface area contributed by atoms with Gasteiger partial charge >= 0.3 is 6.18 Å². The second-order valence-electron chi connectivity index (χ2n) is 6.16. The number of halogens is 4. The van der Waals surface area contributed by atoms with Crippen LogP contribution in [0.1, 0.15) is 11.1 Å². The second-order valence-corrected chi connectivity index (χ2v) is 8.93. The number of aromatic hydroxyl groups is 1. The number of methoxy groups -OCH3 is 1. The topological polar surface area (TPSA) is 108 Å². The molecule has 2 aromatic rings. The van der Waals surface area contributed by atoms with Crippen molar-refractivity contribution in [2.45, 2.75) is 6.18 Å². The average molecular weight is 524 g/mol. The fraction of sp³-hybridized carbons (Fsp3) is 0.222. The molecule has 2 rings (SSSR count). The Hall–Kier alpha value is -2.80. The van der Waals surface area contributed by atoms with Crippen LogP contribution in [0.4, 0.5) is 18.9 Å². The van der Waals surface area contributed by atoms with E-state index in [1.807, 2.05) is 0 Å². The Bertz CT molecular complexity index is 1110. The van der Waals surface area contributed by atoms with E-state index in [1.54, 1.807) is 0 Å². The fourth-order valence-corrected chi connectivity index (χ4v) is 3.71. The maximum absolute atomic E-state index is 12.9. The van der Waals surface area contributed by atoms with Crippen molar-refractivity contribution in [2.24, 2.45) is 5.10 Å². The number of hydrogen-bond acceptors (Lipinski definition) is 6. The van der Waals surface area contributed by atoms with Gasteiger partial charge in [-0.05, 0) is 51.8 Å². The molecule has 0 unspecified atom stereocenters. The number of rotatable bonds is 7. The fourth-order valence-electron chi connectivity index (χ4n) is 2.41. The van der Waals surface area contributed by atoms with Crippen molar-refractivity contribution in [2.75, 3.05) is 24.2 Å². The summed E-state index contributed by atoms with van der Waals surface area (Å²) in [5.74, 6) is -0.868. The highest BCUT2D eigenvalue weighted by Crippen LogP contribution is 2.35. The van der Waals surface area contributed by atoms with E-state index < -0.39 is 34.2 Å². The van der Waals surface area contributed by atoms with Crippen LogP contribution in [0, 0.1) is 0 Å². The number of ether oxygens (including phenoxy) is 1. The largest absolute Gasteiger partial charge is 0.503 e. The Morgan fingerprint density at radius 3 is 2.58 bits per heavy atom. The molecule has 1 amide bonds. The lowest BCUT2D eigenvalue weighted by Crippen LogP contribution is -2.39. The smallest absolute Gasteiger partial charge is 0.416 e. The van der Waals surface area contributed by atoms with E-state index in [0.717, 1.165) is 24.5 Å². The van der Waals surface area contributed by atoms with Crippen LogP contribution in [-0.4, -0.2) is 45.6 Å². The van der Waals surface area contributed by atoms with Gasteiger partial charge in [-0.25, -0.2) is 13.8 Å². The van der Waals surface area contributed by atoms with E-state index in [1.165, 1.54) is 25.5 Å². The molecule has 0 fully saturated rings. The number of hydrazone groups is 1. The van der Waals surface area contributed by atoms with Crippen molar-refractivity contribution >= 4 is 43.8 Å². The molecule has 0 aromatic heterocycles. The third kappa shape index (κ3) is 6.59. The first kappa shape index (κ1) is 24.5. The Labute approximate surface area is 184 Å². The predicted molar refractivity (Wildman–Crippen MR) is 112 cm³/mol. The summed E-state index contributed by atoms with van der Waals surface area (Å²) in [5, 5.41) is 13.5. The SMILES string of the molecule is COc1cc(/C=N\NC(=O)CN(c2cccc(C(F)(F)F)c2)S(C)(=O)=O)cc(Br)c1O. The number of sulfonamides is 1. The van der Waals surface area contributed by atoms with E-state index in [9.17, 15) is 31.5 Å². The van der Waals surface area contributed by atoms with E-state index in [2.05, 4.69) is 26.5 Å². The Morgan fingerprint density at radius 2 is 2.00 bits per heavy atom. The molecular weight excluding hydrogens is 507 g/mol. The lowest BCUT2D eigenvalue weighted by Gasteiger charge is -2.22. The number of nitrogens with zero attached hydrogens (tertiary/aromatic N) is 2. The Morgan fingerprint density at radius 1 is 1.32 bits per heavy atom. The van der Waals surface area contributed by atoms with Gasteiger partial charge in [0.1, 0.15) is 6.54 Å². The van der Waals surface area contributed by atoms with Gasteiger partial charge in [0.2, 0.25) is 10.0 Å². The molecule has 0 heterocycles. The maximum Gasteiger partial charge on any atom is 0.416 e. The summed E-state index contributed by atoms with van der Waals surface area (Å²) < 4.78 is 68.7. The van der Waals surface area contributed by atoms with Gasteiger partial charge in [0.15, 0.2) is 11.5 Å². The minimum absolute atomic E-state index is 0.131. The Kier molecular flexibility index (Phi) is 7.54. The summed E-state index contributed by atoms with van der Waals surface area (Å²) in [6.07, 6.45) is -2.70. The molecule has 0 bridgehead atoms. The number of anilines is 1. The Balaban J connectivity index is 2.18. The van der Waals surface area contributed by atoms with Crippen LogP contribution in [0.15, 0.2) is 46.0 Å². The summed E-state index contributed by atoms with van der Waals surface area (Å²) in [7, 11) is -2.72. The van der Waals surface area contributed by atoms with Crippen LogP contribution in [0.3, 0.4) is 0 Å². The number of hydrogen-bond donors (Lipinski definition) is 2. The minimum Gasteiger partial charge on any atom is -0.503 e. The van der Waals surface area contributed by atoms with Crippen LogP contribution in [0.25, 0.3) is 0 Å². The number of carbonyl (C=O) groups excluding carboxylic acids is 1. The first-order valence-corrected chi connectivity index (χ1v) is 11.0. The van der Waals surface area contributed by atoms with E-state index >= 15 is 0 Å². The lowest BCUT2D eigenvalue weighted by atomic mass is 10.2. The zero-order chi connectivity index (χ0) is 23.4. The number of nitrogens with one attached hydrogen (secondary N) is 1. The van der Waals surface area contributed by atoms with Gasteiger partial charge in [-0.15, -0.1) is 0 Å². The number of phenolic OH excluding ortho intramolecular Hbond substituents is 1. The van der Waals surface area contributed by atoms with Crippen LogP contribution < -0.4 is 14.5 Å². The monoisotopic (exact) mass is 523 g/mol. The molecule has 0 aliphatic heterocycles. The van der Waals surface area contributed by atoms with Crippen LogP contribution in [0.5, 0.6) is 11.5 Å². The van der Waals surface area contributed by atoms with Crippen LogP contribution in [-0.2, 0) is 21.0 Å². The third-order valence-corrected chi connectivity index (χ3v) is 5.57. The molecule has 8 nitrogen and oxygen atoms in total. The molecule has 0 aliphatic carbocycles. The van der Waals surface area contributed by atoms with Crippen molar-refractivity contribution in [3.63, 3.8) is 0 Å². The highest BCUT2D eigenvalue weighted by molar-refractivity contribution is 9.10. The molecule has 0 radical (unpaired) electrons. The first-order valence-electron chi connectivity index (χ1n) is 8.36. The van der Waals surface area contributed by atoms with Crippen molar-refractivity contribution in [3.8, 4) is 11.5 Å². The van der Waals surface area contributed by atoms with E-state index in [0.29, 0.717) is 20.4 Å². The number of carbonyl (C=O) groups is 1. The van der Waals surface area contributed by atoms with Crippen molar-refractivity contribution in [3.05, 3.63) is 52.0 Å². The lowest BCUT2D eigenvalue weighted by molar-refractivity contribution is -0.137. The van der Waals surface area contributed by atoms with Gasteiger partial charge in [0, 0.05) is 0 Å². The molecule has 0 saturated carbocycles. The summed E-state index contributed by atoms with van der Waals surface area (Å²) in [6, 6.07) is 6.53. The predicted octanol–water partition coefficient (Wildman–Crippen LogP) is 3.10. The molecular formula is C18H17BrF3N3O5S. The highest BCUT2D eigenvalue weighted by Gasteiger charge is 2.32. The molecule has 2 aromatic carbocycles. The number of benzene rings is 2. The molecule has 0 aliphatic rings. The molecule has 0 saturated heterocycles. The van der Waals surface area contributed by atoms with Gasteiger partial charge in [0.25, 0.3) is 5.91 Å². The number of phenols is 1. The van der Waals surface area contributed by atoms with Gasteiger partial charge < -0.3 is 9.84 Å². The molecule has 0 spiro atoms. The van der Waals surface area contributed by atoms with Crippen molar-refractivity contribution < 1.29 is 36.2 Å². The van der Waals surface area contributed by atoms with Crippen molar-refractivity contribution in [1.82, 2.24) is 5.43 Å². The van der Waals surface area contributed by atoms with E-state index in [4.69, 9.17) is 4.74 Å². The van der Waals surface area contributed by atoms with Gasteiger partial charge in [-0.1, -0.05) is 6.07 Å². The summed E-state index contributed by atoms with van der Waals surface area (Å²) >= 11 is 3.13. The van der Waals surface area contributed by atoms with Gasteiger partial charge in [-0.3, -0.25) is 9.10 Å². The van der Waals surface area contributed by atoms with Gasteiger partial charge in [0.05, 0.1) is 35.3 Å². The summed E-state index contributed by atoms with van der Waals surface area (Å²) in [6.45, 7) is -0.792. The zero-order valence-corrected chi connectivity index (χ0v) is 18.5. The minimum atomic E-state index is -4.68.